The van der Waals surface area contributed by atoms with Gasteiger partial charge in [0, 0.05) is 12.1 Å². The van der Waals surface area contributed by atoms with Crippen LogP contribution in [-0.2, 0) is 13.2 Å². The summed E-state index contributed by atoms with van der Waals surface area (Å²) < 4.78 is 24.8. The van der Waals surface area contributed by atoms with Gasteiger partial charge in [-0.25, -0.2) is 4.39 Å². The van der Waals surface area contributed by atoms with Crippen LogP contribution in [0, 0.1) is 5.82 Å². The standard InChI is InChI=1S/C15H15BrFNO2/c1-19-13-6-5-10(8-18)7-14(13)20-9-11-3-2-4-12(17)15(11)16/h2-7H,8-9,18H2,1H3. The van der Waals surface area contributed by atoms with E-state index in [0.717, 1.165) is 11.1 Å². The lowest BCUT2D eigenvalue weighted by molar-refractivity contribution is 0.283. The second-order valence-corrected chi connectivity index (χ2v) is 4.98. The lowest BCUT2D eigenvalue weighted by Crippen LogP contribution is -2.02. The van der Waals surface area contributed by atoms with Gasteiger partial charge in [-0.05, 0) is 39.7 Å². The third-order valence-electron chi connectivity index (χ3n) is 2.88. The topological polar surface area (TPSA) is 44.5 Å². The molecular formula is C15H15BrFNO2. The summed E-state index contributed by atoms with van der Waals surface area (Å²) in [6.07, 6.45) is 0. The molecular weight excluding hydrogens is 325 g/mol. The maximum absolute atomic E-state index is 13.4. The van der Waals surface area contributed by atoms with E-state index in [1.54, 1.807) is 25.3 Å². The van der Waals surface area contributed by atoms with E-state index in [0.29, 0.717) is 22.5 Å². The van der Waals surface area contributed by atoms with E-state index in [2.05, 4.69) is 15.9 Å². The van der Waals surface area contributed by atoms with Crippen LogP contribution >= 0.6 is 15.9 Å². The van der Waals surface area contributed by atoms with Crippen LogP contribution in [0.15, 0.2) is 40.9 Å². The number of hydrogen-bond donors (Lipinski definition) is 1. The number of hydrogen-bond acceptors (Lipinski definition) is 3. The van der Waals surface area contributed by atoms with Gasteiger partial charge in [0.15, 0.2) is 11.5 Å². The summed E-state index contributed by atoms with van der Waals surface area (Å²) in [5.41, 5.74) is 7.28. The van der Waals surface area contributed by atoms with E-state index in [1.807, 2.05) is 12.1 Å². The molecule has 0 saturated heterocycles. The maximum Gasteiger partial charge on any atom is 0.161 e. The fourth-order valence-corrected chi connectivity index (χ4v) is 2.16. The van der Waals surface area contributed by atoms with Gasteiger partial charge < -0.3 is 15.2 Å². The summed E-state index contributed by atoms with van der Waals surface area (Å²) >= 11 is 3.21. The van der Waals surface area contributed by atoms with Crippen molar-refractivity contribution < 1.29 is 13.9 Å². The summed E-state index contributed by atoms with van der Waals surface area (Å²) in [7, 11) is 1.57. The predicted molar refractivity (Wildman–Crippen MR) is 79.3 cm³/mol. The molecule has 0 aromatic heterocycles. The molecule has 5 heteroatoms. The number of nitrogens with two attached hydrogens (primary N) is 1. The normalized spacial score (nSPS) is 10.4. The van der Waals surface area contributed by atoms with Crippen molar-refractivity contribution in [3.63, 3.8) is 0 Å². The first-order valence-corrected chi connectivity index (χ1v) is 6.87. The molecule has 0 aliphatic rings. The van der Waals surface area contributed by atoms with Crippen LogP contribution in [0.3, 0.4) is 0 Å². The molecule has 2 aromatic carbocycles. The quantitative estimate of drug-likeness (QED) is 0.904. The molecule has 2 N–H and O–H groups in total. The first-order valence-electron chi connectivity index (χ1n) is 6.08. The van der Waals surface area contributed by atoms with E-state index < -0.39 is 0 Å². The number of rotatable bonds is 5. The van der Waals surface area contributed by atoms with Crippen molar-refractivity contribution in [3.8, 4) is 11.5 Å². The molecule has 0 fully saturated rings. The second kappa shape index (κ2) is 6.72. The average molecular weight is 340 g/mol. The molecule has 0 aliphatic heterocycles. The third kappa shape index (κ3) is 3.29. The SMILES string of the molecule is COc1ccc(CN)cc1OCc1cccc(F)c1Br. The second-order valence-electron chi connectivity index (χ2n) is 4.19. The molecule has 0 bridgehead atoms. The zero-order chi connectivity index (χ0) is 14.5. The highest BCUT2D eigenvalue weighted by molar-refractivity contribution is 9.10. The van der Waals surface area contributed by atoms with Crippen molar-refractivity contribution in [3.05, 3.63) is 57.8 Å². The number of benzene rings is 2. The molecule has 0 radical (unpaired) electrons. The largest absolute Gasteiger partial charge is 0.493 e. The fourth-order valence-electron chi connectivity index (χ4n) is 1.78. The van der Waals surface area contributed by atoms with Crippen molar-refractivity contribution in [2.45, 2.75) is 13.2 Å². The summed E-state index contributed by atoms with van der Waals surface area (Å²) in [6, 6.07) is 10.3. The highest BCUT2D eigenvalue weighted by Gasteiger charge is 2.09. The number of methoxy groups -OCH3 is 1. The van der Waals surface area contributed by atoms with Crippen LogP contribution in [0.1, 0.15) is 11.1 Å². The van der Waals surface area contributed by atoms with Gasteiger partial charge in [-0.15, -0.1) is 0 Å². The zero-order valence-corrected chi connectivity index (χ0v) is 12.6. The first kappa shape index (κ1) is 14.8. The van der Waals surface area contributed by atoms with Crippen LogP contribution in [0.25, 0.3) is 0 Å². The minimum absolute atomic E-state index is 0.239. The predicted octanol–water partition coefficient (Wildman–Crippen LogP) is 3.63. The van der Waals surface area contributed by atoms with E-state index >= 15 is 0 Å². The van der Waals surface area contributed by atoms with Crippen LogP contribution < -0.4 is 15.2 Å². The van der Waals surface area contributed by atoms with Crippen LogP contribution in [-0.4, -0.2) is 7.11 Å². The smallest absolute Gasteiger partial charge is 0.161 e. The van der Waals surface area contributed by atoms with E-state index in [-0.39, 0.29) is 12.4 Å². The minimum atomic E-state index is -0.311. The zero-order valence-electron chi connectivity index (χ0n) is 11.0. The molecule has 2 aromatic rings. The Kier molecular flexibility index (Phi) is 4.98. The third-order valence-corrected chi connectivity index (χ3v) is 3.77. The van der Waals surface area contributed by atoms with Gasteiger partial charge in [-0.2, -0.15) is 0 Å². The Morgan fingerprint density at radius 1 is 1.20 bits per heavy atom. The Morgan fingerprint density at radius 3 is 2.70 bits per heavy atom. The molecule has 0 spiro atoms. The maximum atomic E-state index is 13.4. The molecule has 0 atom stereocenters. The number of ether oxygens (including phenoxy) is 2. The molecule has 2 rings (SSSR count). The summed E-state index contributed by atoms with van der Waals surface area (Å²) in [4.78, 5) is 0. The molecule has 106 valence electrons. The lowest BCUT2D eigenvalue weighted by atomic mass is 10.2. The van der Waals surface area contributed by atoms with Gasteiger partial charge in [-0.1, -0.05) is 18.2 Å². The van der Waals surface area contributed by atoms with Gasteiger partial charge in [-0.3, -0.25) is 0 Å². The van der Waals surface area contributed by atoms with Gasteiger partial charge in [0.1, 0.15) is 12.4 Å². The summed E-state index contributed by atoms with van der Waals surface area (Å²) in [5, 5.41) is 0. The Morgan fingerprint density at radius 2 is 2.00 bits per heavy atom. The minimum Gasteiger partial charge on any atom is -0.493 e. The Hall–Kier alpha value is -1.59. The van der Waals surface area contributed by atoms with Gasteiger partial charge in [0.05, 0.1) is 11.6 Å². The molecule has 0 heterocycles. The van der Waals surface area contributed by atoms with Crippen molar-refractivity contribution in [1.82, 2.24) is 0 Å². The lowest BCUT2D eigenvalue weighted by Gasteiger charge is -2.13. The van der Waals surface area contributed by atoms with E-state index in [1.165, 1.54) is 6.07 Å². The molecule has 3 nitrogen and oxygen atoms in total. The molecule has 0 unspecified atom stereocenters. The van der Waals surface area contributed by atoms with E-state index in [9.17, 15) is 4.39 Å². The van der Waals surface area contributed by atoms with Crippen LogP contribution in [0.2, 0.25) is 0 Å². The highest BCUT2D eigenvalue weighted by atomic mass is 79.9. The van der Waals surface area contributed by atoms with Crippen molar-refractivity contribution >= 4 is 15.9 Å². The van der Waals surface area contributed by atoms with Gasteiger partial charge in [0.25, 0.3) is 0 Å². The summed E-state index contributed by atoms with van der Waals surface area (Å²) in [6.45, 7) is 0.659. The van der Waals surface area contributed by atoms with E-state index in [4.69, 9.17) is 15.2 Å². The van der Waals surface area contributed by atoms with Gasteiger partial charge >= 0.3 is 0 Å². The van der Waals surface area contributed by atoms with Crippen LogP contribution in [0.4, 0.5) is 4.39 Å². The van der Waals surface area contributed by atoms with Gasteiger partial charge in [0.2, 0.25) is 0 Å². The Bertz CT molecular complexity index is 604. The average Bonchev–Trinajstić information content (AvgIpc) is 2.48. The summed E-state index contributed by atoms with van der Waals surface area (Å²) in [5.74, 6) is 0.898. The van der Waals surface area contributed by atoms with Crippen LogP contribution in [0.5, 0.6) is 11.5 Å². The van der Waals surface area contributed by atoms with Crippen molar-refractivity contribution in [1.29, 1.82) is 0 Å². The van der Waals surface area contributed by atoms with Crippen molar-refractivity contribution in [2.24, 2.45) is 5.73 Å². The molecule has 0 amide bonds. The monoisotopic (exact) mass is 339 g/mol. The molecule has 20 heavy (non-hydrogen) atoms. The molecule has 0 saturated carbocycles. The highest BCUT2D eigenvalue weighted by Crippen LogP contribution is 2.30. The first-order chi connectivity index (χ1) is 9.65. The Balaban J connectivity index is 2.19. The molecule has 0 aliphatic carbocycles. The fraction of sp³-hybridized carbons (Fsp3) is 0.200. The number of halogens is 2. The Labute approximate surface area is 125 Å². The van der Waals surface area contributed by atoms with Crippen molar-refractivity contribution in [2.75, 3.05) is 7.11 Å².